The van der Waals surface area contributed by atoms with Crippen LogP contribution in [0.2, 0.25) is 0 Å². The lowest BCUT2D eigenvalue weighted by Gasteiger charge is -2.34. The molecule has 1 aromatic carbocycles. The van der Waals surface area contributed by atoms with E-state index in [1.54, 1.807) is 12.1 Å². The summed E-state index contributed by atoms with van der Waals surface area (Å²) in [5, 5.41) is 5.07. The summed E-state index contributed by atoms with van der Waals surface area (Å²) in [6.45, 7) is 3.70. The topological polar surface area (TPSA) is 69.4 Å². The van der Waals surface area contributed by atoms with Crippen molar-refractivity contribution in [3.8, 4) is 0 Å². The number of sulfonamides is 1. The summed E-state index contributed by atoms with van der Waals surface area (Å²) < 4.78 is 27.7. The Hall–Kier alpha value is -0.910. The molecule has 0 radical (unpaired) electrons. The maximum atomic E-state index is 11.2. The van der Waals surface area contributed by atoms with Gasteiger partial charge >= 0.3 is 0 Å². The van der Waals surface area contributed by atoms with E-state index in [0.717, 1.165) is 31.6 Å². The fraction of sp³-hybridized carbons (Fsp3) is 0.500. The van der Waals surface area contributed by atoms with Crippen LogP contribution < -0.4 is 5.14 Å². The van der Waals surface area contributed by atoms with Crippen molar-refractivity contribution >= 4 is 10.0 Å². The summed E-state index contributed by atoms with van der Waals surface area (Å²) in [6, 6.07) is 6.85. The SMILES string of the molecule is CC1(c2ccc(S(N)(=O)=O)cc2)CCOCC1. The first-order chi connectivity index (χ1) is 7.92. The van der Waals surface area contributed by atoms with Crippen molar-refractivity contribution in [3.63, 3.8) is 0 Å². The van der Waals surface area contributed by atoms with Gasteiger partial charge in [0.25, 0.3) is 0 Å². The molecule has 1 fully saturated rings. The Balaban J connectivity index is 2.29. The summed E-state index contributed by atoms with van der Waals surface area (Å²) >= 11 is 0. The van der Waals surface area contributed by atoms with Crippen molar-refractivity contribution in [1.82, 2.24) is 0 Å². The first kappa shape index (κ1) is 12.5. The second-order valence-electron chi connectivity index (χ2n) is 4.74. The highest BCUT2D eigenvalue weighted by Gasteiger charge is 2.29. The number of hydrogen-bond donors (Lipinski definition) is 1. The zero-order valence-electron chi connectivity index (χ0n) is 9.85. The molecule has 0 unspecified atom stereocenters. The molecule has 0 bridgehead atoms. The minimum atomic E-state index is -3.59. The van der Waals surface area contributed by atoms with Gasteiger partial charge in [-0.25, -0.2) is 13.6 Å². The molecule has 2 N–H and O–H groups in total. The molecule has 1 aliphatic heterocycles. The number of nitrogens with two attached hydrogens (primary N) is 1. The second-order valence-corrected chi connectivity index (χ2v) is 6.30. The standard InChI is InChI=1S/C12H17NO3S/c1-12(6-8-16-9-7-12)10-2-4-11(5-3-10)17(13,14)15/h2-5H,6-9H2,1H3,(H2,13,14,15). The molecule has 0 aliphatic carbocycles. The van der Waals surface area contributed by atoms with Gasteiger partial charge in [0.1, 0.15) is 0 Å². The van der Waals surface area contributed by atoms with Crippen LogP contribution >= 0.6 is 0 Å². The molecule has 0 amide bonds. The quantitative estimate of drug-likeness (QED) is 0.868. The molecule has 5 heteroatoms. The molecule has 1 heterocycles. The Morgan fingerprint density at radius 2 is 1.71 bits per heavy atom. The van der Waals surface area contributed by atoms with Crippen molar-refractivity contribution in [3.05, 3.63) is 29.8 Å². The summed E-state index contributed by atoms with van der Waals surface area (Å²) in [5.41, 5.74) is 1.22. The van der Waals surface area contributed by atoms with E-state index in [1.807, 2.05) is 12.1 Å². The Bertz CT molecular complexity index is 487. The Morgan fingerprint density at radius 3 is 2.18 bits per heavy atom. The minimum Gasteiger partial charge on any atom is -0.381 e. The minimum absolute atomic E-state index is 0.0785. The fourth-order valence-electron chi connectivity index (χ4n) is 2.16. The van der Waals surface area contributed by atoms with E-state index in [0.29, 0.717) is 0 Å². The van der Waals surface area contributed by atoms with Crippen LogP contribution in [0.4, 0.5) is 0 Å². The van der Waals surface area contributed by atoms with E-state index in [4.69, 9.17) is 9.88 Å². The number of benzene rings is 1. The predicted molar refractivity (Wildman–Crippen MR) is 65.2 cm³/mol. The third kappa shape index (κ3) is 2.68. The highest BCUT2D eigenvalue weighted by atomic mass is 32.2. The zero-order valence-corrected chi connectivity index (χ0v) is 10.7. The predicted octanol–water partition coefficient (Wildman–Crippen LogP) is 1.40. The number of rotatable bonds is 2. The van der Waals surface area contributed by atoms with Crippen LogP contribution in [0.1, 0.15) is 25.3 Å². The Labute approximate surface area is 102 Å². The maximum Gasteiger partial charge on any atom is 0.238 e. The van der Waals surface area contributed by atoms with E-state index >= 15 is 0 Å². The average Bonchev–Trinajstić information content (AvgIpc) is 2.29. The van der Waals surface area contributed by atoms with Gasteiger partial charge < -0.3 is 4.74 Å². The van der Waals surface area contributed by atoms with Gasteiger partial charge in [-0.2, -0.15) is 0 Å². The molecule has 17 heavy (non-hydrogen) atoms. The molecular weight excluding hydrogens is 238 g/mol. The lowest BCUT2D eigenvalue weighted by atomic mass is 9.76. The van der Waals surface area contributed by atoms with Gasteiger partial charge in [-0.05, 0) is 36.0 Å². The summed E-state index contributed by atoms with van der Waals surface area (Å²) in [5.74, 6) is 0. The van der Waals surface area contributed by atoms with Crippen LogP contribution in [-0.4, -0.2) is 21.6 Å². The van der Waals surface area contributed by atoms with Crippen molar-refractivity contribution < 1.29 is 13.2 Å². The van der Waals surface area contributed by atoms with E-state index in [1.165, 1.54) is 0 Å². The Morgan fingerprint density at radius 1 is 1.18 bits per heavy atom. The van der Waals surface area contributed by atoms with Gasteiger partial charge in [0.15, 0.2) is 0 Å². The number of primary sulfonamides is 1. The smallest absolute Gasteiger partial charge is 0.238 e. The fourth-order valence-corrected chi connectivity index (χ4v) is 2.67. The second kappa shape index (κ2) is 4.40. The van der Waals surface area contributed by atoms with Crippen molar-refractivity contribution in [2.75, 3.05) is 13.2 Å². The molecule has 0 atom stereocenters. The van der Waals surface area contributed by atoms with Gasteiger partial charge in [-0.15, -0.1) is 0 Å². The largest absolute Gasteiger partial charge is 0.381 e. The molecule has 0 spiro atoms. The molecule has 0 saturated carbocycles. The van der Waals surface area contributed by atoms with E-state index in [9.17, 15) is 8.42 Å². The highest BCUT2D eigenvalue weighted by molar-refractivity contribution is 7.89. The molecular formula is C12H17NO3S. The van der Waals surface area contributed by atoms with E-state index < -0.39 is 10.0 Å². The van der Waals surface area contributed by atoms with Gasteiger partial charge in [-0.3, -0.25) is 0 Å². The van der Waals surface area contributed by atoms with E-state index in [2.05, 4.69) is 6.92 Å². The van der Waals surface area contributed by atoms with Crippen LogP contribution in [0, 0.1) is 0 Å². The molecule has 1 saturated heterocycles. The van der Waals surface area contributed by atoms with Crippen LogP contribution in [0.25, 0.3) is 0 Å². The average molecular weight is 255 g/mol. The van der Waals surface area contributed by atoms with Crippen LogP contribution in [0.15, 0.2) is 29.2 Å². The van der Waals surface area contributed by atoms with Crippen molar-refractivity contribution in [2.24, 2.45) is 5.14 Å². The lowest BCUT2D eigenvalue weighted by Crippen LogP contribution is -2.30. The third-order valence-electron chi connectivity index (χ3n) is 3.48. The van der Waals surface area contributed by atoms with Crippen molar-refractivity contribution in [1.29, 1.82) is 0 Å². The van der Waals surface area contributed by atoms with Crippen LogP contribution in [-0.2, 0) is 20.2 Å². The van der Waals surface area contributed by atoms with Crippen LogP contribution in [0.3, 0.4) is 0 Å². The van der Waals surface area contributed by atoms with Crippen molar-refractivity contribution in [2.45, 2.75) is 30.1 Å². The zero-order chi connectivity index (χ0) is 12.5. The molecule has 0 aromatic heterocycles. The summed E-state index contributed by atoms with van der Waals surface area (Å²) in [6.07, 6.45) is 1.92. The monoisotopic (exact) mass is 255 g/mol. The third-order valence-corrected chi connectivity index (χ3v) is 4.41. The first-order valence-electron chi connectivity index (χ1n) is 5.63. The molecule has 94 valence electrons. The molecule has 2 rings (SSSR count). The normalized spacial score (nSPS) is 20.1. The molecule has 1 aromatic rings. The van der Waals surface area contributed by atoms with Gasteiger partial charge in [0.2, 0.25) is 10.0 Å². The lowest BCUT2D eigenvalue weighted by molar-refractivity contribution is 0.0564. The number of ether oxygens (including phenoxy) is 1. The summed E-state index contributed by atoms with van der Waals surface area (Å²) in [7, 11) is -3.59. The first-order valence-corrected chi connectivity index (χ1v) is 7.18. The Kier molecular flexibility index (Phi) is 3.25. The van der Waals surface area contributed by atoms with E-state index in [-0.39, 0.29) is 10.3 Å². The van der Waals surface area contributed by atoms with Crippen LogP contribution in [0.5, 0.6) is 0 Å². The van der Waals surface area contributed by atoms with Gasteiger partial charge in [0.05, 0.1) is 4.90 Å². The maximum absolute atomic E-state index is 11.2. The number of hydrogen-bond acceptors (Lipinski definition) is 3. The molecule has 1 aliphatic rings. The molecule has 4 nitrogen and oxygen atoms in total. The summed E-state index contributed by atoms with van der Waals surface area (Å²) in [4.78, 5) is 0.164. The highest BCUT2D eigenvalue weighted by Crippen LogP contribution is 2.34. The van der Waals surface area contributed by atoms with Gasteiger partial charge in [0, 0.05) is 13.2 Å². The van der Waals surface area contributed by atoms with Gasteiger partial charge in [-0.1, -0.05) is 19.1 Å².